The Balaban J connectivity index is 2.05. The van der Waals surface area contributed by atoms with Gasteiger partial charge in [-0.05, 0) is 13.3 Å². The molecular formula is C8H11N3O3. The van der Waals surface area contributed by atoms with Crippen LogP contribution in [0.15, 0.2) is 4.52 Å². The van der Waals surface area contributed by atoms with Gasteiger partial charge >= 0.3 is 6.09 Å². The molecule has 2 rings (SSSR count). The van der Waals surface area contributed by atoms with Gasteiger partial charge in [0.15, 0.2) is 5.82 Å². The smallest absolute Gasteiger partial charge is 0.407 e. The van der Waals surface area contributed by atoms with E-state index in [0.717, 1.165) is 6.42 Å². The summed E-state index contributed by atoms with van der Waals surface area (Å²) in [4.78, 5) is 16.1. The van der Waals surface area contributed by atoms with Crippen LogP contribution in [-0.4, -0.2) is 39.3 Å². The first-order chi connectivity index (χ1) is 6.66. The lowest BCUT2D eigenvalue weighted by Crippen LogP contribution is -2.26. The van der Waals surface area contributed by atoms with E-state index in [-0.39, 0.29) is 5.92 Å². The maximum atomic E-state index is 10.6. The van der Waals surface area contributed by atoms with Gasteiger partial charge in [0.1, 0.15) is 0 Å². The largest absolute Gasteiger partial charge is 0.465 e. The zero-order valence-electron chi connectivity index (χ0n) is 7.80. The van der Waals surface area contributed by atoms with Gasteiger partial charge in [-0.25, -0.2) is 4.79 Å². The highest BCUT2D eigenvalue weighted by Gasteiger charge is 2.30. The molecule has 1 aliphatic heterocycles. The van der Waals surface area contributed by atoms with E-state index in [0.29, 0.717) is 24.8 Å². The summed E-state index contributed by atoms with van der Waals surface area (Å²) in [6.45, 7) is 2.75. The van der Waals surface area contributed by atoms with Crippen LogP contribution in [-0.2, 0) is 0 Å². The Morgan fingerprint density at radius 2 is 2.50 bits per heavy atom. The third kappa shape index (κ3) is 1.55. The second kappa shape index (κ2) is 3.28. The Labute approximate surface area is 80.5 Å². The van der Waals surface area contributed by atoms with E-state index in [2.05, 4.69) is 10.1 Å². The summed E-state index contributed by atoms with van der Waals surface area (Å²) in [7, 11) is 0. The first kappa shape index (κ1) is 8.98. The highest BCUT2D eigenvalue weighted by molar-refractivity contribution is 5.65. The number of aryl methyl sites for hydroxylation is 1. The zero-order valence-corrected chi connectivity index (χ0v) is 7.80. The molecule has 0 radical (unpaired) electrons. The topological polar surface area (TPSA) is 79.5 Å². The molecule has 0 aliphatic carbocycles. The number of carbonyl (C=O) groups is 1. The second-order valence-corrected chi connectivity index (χ2v) is 3.39. The van der Waals surface area contributed by atoms with E-state index in [9.17, 15) is 4.79 Å². The molecule has 1 atom stereocenters. The maximum Gasteiger partial charge on any atom is 0.407 e. The van der Waals surface area contributed by atoms with Crippen LogP contribution in [0.3, 0.4) is 0 Å². The Morgan fingerprint density at radius 3 is 3.00 bits per heavy atom. The van der Waals surface area contributed by atoms with Crippen LogP contribution in [0.1, 0.15) is 24.1 Å². The Bertz CT molecular complexity index is 349. The van der Waals surface area contributed by atoms with Crippen LogP contribution in [0.5, 0.6) is 0 Å². The Morgan fingerprint density at radius 1 is 1.71 bits per heavy atom. The number of amides is 1. The number of aromatic nitrogens is 2. The van der Waals surface area contributed by atoms with E-state index < -0.39 is 6.09 Å². The standard InChI is InChI=1S/C8H11N3O3/c1-5-9-7(14-10-5)6-2-3-11(4-6)8(12)13/h6H,2-4H2,1H3,(H,12,13). The summed E-state index contributed by atoms with van der Waals surface area (Å²) in [5.74, 6) is 1.20. The van der Waals surface area contributed by atoms with Gasteiger partial charge in [-0.2, -0.15) is 4.98 Å². The minimum atomic E-state index is -0.885. The molecule has 0 aromatic carbocycles. The lowest BCUT2D eigenvalue weighted by molar-refractivity contribution is 0.154. The summed E-state index contributed by atoms with van der Waals surface area (Å²) in [6.07, 6.45) is -0.128. The first-order valence-corrected chi connectivity index (χ1v) is 4.45. The molecular weight excluding hydrogens is 186 g/mol. The molecule has 1 amide bonds. The molecule has 14 heavy (non-hydrogen) atoms. The van der Waals surface area contributed by atoms with Crippen LogP contribution in [0, 0.1) is 6.92 Å². The summed E-state index contributed by atoms with van der Waals surface area (Å²) in [6, 6.07) is 0. The first-order valence-electron chi connectivity index (χ1n) is 4.45. The molecule has 1 aromatic rings. The van der Waals surface area contributed by atoms with Crippen molar-refractivity contribution < 1.29 is 14.4 Å². The van der Waals surface area contributed by atoms with E-state index in [1.807, 2.05) is 0 Å². The molecule has 0 saturated carbocycles. The van der Waals surface area contributed by atoms with Gasteiger partial charge in [-0.3, -0.25) is 0 Å². The van der Waals surface area contributed by atoms with Crippen molar-refractivity contribution in [3.05, 3.63) is 11.7 Å². The van der Waals surface area contributed by atoms with E-state index >= 15 is 0 Å². The monoisotopic (exact) mass is 197 g/mol. The van der Waals surface area contributed by atoms with Crippen molar-refractivity contribution in [1.29, 1.82) is 0 Å². The van der Waals surface area contributed by atoms with E-state index in [1.54, 1.807) is 6.92 Å². The van der Waals surface area contributed by atoms with Gasteiger partial charge in [0.25, 0.3) is 0 Å². The summed E-state index contributed by atoms with van der Waals surface area (Å²) in [5.41, 5.74) is 0. The van der Waals surface area contributed by atoms with Crippen molar-refractivity contribution in [2.75, 3.05) is 13.1 Å². The molecule has 0 bridgehead atoms. The molecule has 0 spiro atoms. The molecule has 1 saturated heterocycles. The maximum absolute atomic E-state index is 10.6. The SMILES string of the molecule is Cc1noc(C2CCN(C(=O)O)C2)n1. The predicted octanol–water partition coefficient (Wildman–Crippen LogP) is 0.845. The third-order valence-electron chi connectivity index (χ3n) is 2.35. The number of rotatable bonds is 1. The van der Waals surface area contributed by atoms with Crippen LogP contribution >= 0.6 is 0 Å². The van der Waals surface area contributed by atoms with Crippen LogP contribution < -0.4 is 0 Å². The number of nitrogens with zero attached hydrogens (tertiary/aromatic N) is 3. The average Bonchev–Trinajstić information content (AvgIpc) is 2.70. The summed E-state index contributed by atoms with van der Waals surface area (Å²) < 4.78 is 5.00. The van der Waals surface area contributed by atoms with Gasteiger partial charge in [0.05, 0.1) is 5.92 Å². The molecule has 1 aliphatic rings. The third-order valence-corrected chi connectivity index (χ3v) is 2.35. The fourth-order valence-corrected chi connectivity index (χ4v) is 1.61. The Kier molecular flexibility index (Phi) is 2.11. The van der Waals surface area contributed by atoms with Crippen molar-refractivity contribution >= 4 is 6.09 Å². The van der Waals surface area contributed by atoms with Crippen molar-refractivity contribution in [1.82, 2.24) is 15.0 Å². The molecule has 1 unspecified atom stereocenters. The molecule has 6 nitrogen and oxygen atoms in total. The lowest BCUT2D eigenvalue weighted by atomic mass is 10.1. The van der Waals surface area contributed by atoms with Gasteiger partial charge < -0.3 is 14.5 Å². The van der Waals surface area contributed by atoms with Crippen molar-refractivity contribution in [3.63, 3.8) is 0 Å². The van der Waals surface area contributed by atoms with Crippen molar-refractivity contribution in [2.24, 2.45) is 0 Å². The van der Waals surface area contributed by atoms with Gasteiger partial charge in [-0.1, -0.05) is 5.16 Å². The summed E-state index contributed by atoms with van der Waals surface area (Å²) >= 11 is 0. The van der Waals surface area contributed by atoms with Crippen LogP contribution in [0.4, 0.5) is 4.79 Å². The van der Waals surface area contributed by atoms with Crippen molar-refractivity contribution in [2.45, 2.75) is 19.3 Å². The molecule has 76 valence electrons. The minimum absolute atomic E-state index is 0.0623. The number of likely N-dealkylation sites (tertiary alicyclic amines) is 1. The van der Waals surface area contributed by atoms with Gasteiger partial charge in [-0.15, -0.1) is 0 Å². The Hall–Kier alpha value is -1.59. The molecule has 1 aromatic heterocycles. The number of hydrogen-bond acceptors (Lipinski definition) is 4. The number of carboxylic acid groups (broad SMARTS) is 1. The zero-order chi connectivity index (χ0) is 10.1. The van der Waals surface area contributed by atoms with Crippen molar-refractivity contribution in [3.8, 4) is 0 Å². The normalized spacial score (nSPS) is 21.5. The number of hydrogen-bond donors (Lipinski definition) is 1. The molecule has 1 N–H and O–H groups in total. The quantitative estimate of drug-likeness (QED) is 0.721. The molecule has 2 heterocycles. The highest BCUT2D eigenvalue weighted by Crippen LogP contribution is 2.25. The summed E-state index contributed by atoms with van der Waals surface area (Å²) in [5, 5.41) is 12.4. The fourth-order valence-electron chi connectivity index (χ4n) is 1.61. The second-order valence-electron chi connectivity index (χ2n) is 3.39. The van der Waals surface area contributed by atoms with Crippen LogP contribution in [0.2, 0.25) is 0 Å². The van der Waals surface area contributed by atoms with Gasteiger partial charge in [0.2, 0.25) is 5.89 Å². The van der Waals surface area contributed by atoms with E-state index in [4.69, 9.17) is 9.63 Å². The molecule has 6 heteroatoms. The predicted molar refractivity (Wildman–Crippen MR) is 46.0 cm³/mol. The van der Waals surface area contributed by atoms with Gasteiger partial charge in [0, 0.05) is 13.1 Å². The fraction of sp³-hybridized carbons (Fsp3) is 0.625. The minimum Gasteiger partial charge on any atom is -0.465 e. The lowest BCUT2D eigenvalue weighted by Gasteiger charge is -2.09. The van der Waals surface area contributed by atoms with E-state index in [1.165, 1.54) is 4.90 Å². The average molecular weight is 197 g/mol. The highest BCUT2D eigenvalue weighted by atomic mass is 16.5. The van der Waals surface area contributed by atoms with Crippen LogP contribution in [0.25, 0.3) is 0 Å². The molecule has 1 fully saturated rings.